The zero-order valence-corrected chi connectivity index (χ0v) is 78.0. The van der Waals surface area contributed by atoms with Crippen LogP contribution in [0.3, 0.4) is 0 Å². The van der Waals surface area contributed by atoms with Gasteiger partial charge in [0.25, 0.3) is 0 Å². The molecule has 610 valence electrons. The minimum absolute atomic E-state index is 0.866. The van der Waals surface area contributed by atoms with Crippen LogP contribution in [0.1, 0.15) is 102 Å². The minimum Gasteiger partial charge on any atom is -0.342 e. The van der Waals surface area contributed by atoms with E-state index in [4.69, 9.17) is 5.10 Å². The van der Waals surface area contributed by atoms with Gasteiger partial charge in [0.2, 0.25) is 0 Å². The monoisotopic (exact) mass is 1860 g/mol. The molecule has 0 aliphatic carbocycles. The summed E-state index contributed by atoms with van der Waals surface area (Å²) in [5.74, 6) is 0. The van der Waals surface area contributed by atoms with Crippen molar-refractivity contribution < 1.29 is 0 Å². The van der Waals surface area contributed by atoms with Crippen LogP contribution in [0.15, 0.2) is 238 Å². The summed E-state index contributed by atoms with van der Waals surface area (Å²) >= 11 is 16.5. The highest BCUT2D eigenvalue weighted by atomic mass is 79.9. The molecule has 16 aromatic rings. The Balaban J connectivity index is 0.000000137. The Bertz CT molecular complexity index is 5970. The fourth-order valence-electron chi connectivity index (χ4n) is 15.8. The lowest BCUT2D eigenvalue weighted by molar-refractivity contribution is 0.634. The Morgan fingerprint density at radius 1 is 0.353 bits per heavy atom. The van der Waals surface area contributed by atoms with Crippen LogP contribution in [0.5, 0.6) is 0 Å². The number of aromatic nitrogens is 15. The van der Waals surface area contributed by atoms with Gasteiger partial charge in [-0.1, -0.05) is 48.5 Å². The molecule has 119 heavy (non-hydrogen) atoms. The lowest BCUT2D eigenvalue weighted by Gasteiger charge is -2.26. The van der Waals surface area contributed by atoms with Crippen molar-refractivity contribution in [3.63, 3.8) is 0 Å². The number of halogens is 4. The van der Waals surface area contributed by atoms with E-state index in [-0.39, 0.29) is 0 Å². The van der Waals surface area contributed by atoms with Gasteiger partial charge in [-0.3, -0.25) is 14.5 Å². The molecular formula is C95H101Br4N19S. The number of imidazole rings is 4. The number of aromatic amines is 1. The van der Waals surface area contributed by atoms with Gasteiger partial charge >= 0.3 is 0 Å². The lowest BCUT2D eigenvalue weighted by Crippen LogP contribution is -2.17. The third-order valence-corrected chi connectivity index (χ3v) is 25.3. The van der Waals surface area contributed by atoms with E-state index >= 15 is 0 Å². The van der Waals surface area contributed by atoms with Crippen molar-refractivity contribution in [2.75, 3.05) is 45.8 Å². The molecule has 0 bridgehead atoms. The number of hydrogen-bond acceptors (Lipinski definition) is 13. The quantitative estimate of drug-likeness (QED) is 0.0726. The summed E-state index contributed by atoms with van der Waals surface area (Å²) in [5, 5.41) is 16.8. The Morgan fingerprint density at radius 2 is 0.672 bits per heavy atom. The highest BCUT2D eigenvalue weighted by molar-refractivity contribution is 9.11. The van der Waals surface area contributed by atoms with Crippen LogP contribution in [-0.2, 0) is 13.6 Å². The second-order valence-corrected chi connectivity index (χ2v) is 33.8. The first-order chi connectivity index (χ1) is 57.3. The summed E-state index contributed by atoms with van der Waals surface area (Å²) in [5.41, 5.74) is 36.1. The molecule has 8 aromatic carbocycles. The zero-order valence-electron chi connectivity index (χ0n) is 70.8. The van der Waals surface area contributed by atoms with E-state index in [9.17, 15) is 0 Å². The Hall–Kier alpha value is -11.0. The second-order valence-electron chi connectivity index (χ2n) is 29.4. The van der Waals surface area contributed by atoms with E-state index < -0.39 is 0 Å². The van der Waals surface area contributed by atoms with Gasteiger partial charge in [0.1, 0.15) is 0 Å². The summed E-state index contributed by atoms with van der Waals surface area (Å²) in [6.07, 6.45) is 22.2. The molecule has 0 amide bonds. The molecule has 24 heteroatoms. The number of nitrogens with zero attached hydrogens (tertiary/aromatic N) is 18. The molecule has 16 rings (SSSR count). The summed E-state index contributed by atoms with van der Waals surface area (Å²) in [6.45, 7) is 40.7. The number of nitrogens with one attached hydrogen (secondary N) is 1. The SMILES string of the molecule is CCN(c1ccc(-n2ccnc2)c(Br)c1)c1cc(-c2c(C)n[nH]c2C)ccc1C.CCN(c1ccc(-n2ccnc2)c(Br)c1)c1cc(-c2c(C)nn(C)c2C)ccc1C.CCN(c1ccc(-n2ccnc2)c(Br)c1)c1cc(-c2c(C)nn(CC)c2C)ccc1C.CCN(c1ccc(-n2ccnc2)c(Br)c1)c1cc(-c2c(C)nsc2C)ccc1C. The molecule has 0 unspecified atom stereocenters. The van der Waals surface area contributed by atoms with Crippen molar-refractivity contribution in [2.24, 2.45) is 7.05 Å². The van der Waals surface area contributed by atoms with E-state index in [1.54, 1.807) is 42.6 Å². The van der Waals surface area contributed by atoms with Gasteiger partial charge in [-0.25, -0.2) is 19.9 Å². The Morgan fingerprint density at radius 3 is 0.924 bits per heavy atom. The first-order valence-corrected chi connectivity index (χ1v) is 43.9. The highest BCUT2D eigenvalue weighted by Crippen LogP contribution is 2.43. The van der Waals surface area contributed by atoms with Gasteiger partial charge < -0.3 is 37.9 Å². The fraction of sp³-hybridized carbons (Fsp3) is 0.242. The summed E-state index contributed by atoms with van der Waals surface area (Å²) < 4.78 is 20.7. The van der Waals surface area contributed by atoms with Gasteiger partial charge in [-0.05, 0) is 335 Å². The molecule has 1 N–H and O–H groups in total. The van der Waals surface area contributed by atoms with Crippen LogP contribution in [0, 0.1) is 83.1 Å². The van der Waals surface area contributed by atoms with E-state index in [0.717, 1.165) is 125 Å². The first kappa shape index (κ1) is 85.8. The van der Waals surface area contributed by atoms with Gasteiger partial charge in [-0.15, -0.1) is 0 Å². The smallest absolute Gasteiger partial charge is 0.0992 e. The third-order valence-electron chi connectivity index (χ3n) is 21.9. The van der Waals surface area contributed by atoms with E-state index in [2.05, 4.69) is 384 Å². The Kier molecular flexibility index (Phi) is 27.4. The van der Waals surface area contributed by atoms with E-state index in [1.807, 2.05) is 80.7 Å². The average molecular weight is 1860 g/mol. The van der Waals surface area contributed by atoms with Crippen molar-refractivity contribution >= 4 is 121 Å². The summed E-state index contributed by atoms with van der Waals surface area (Å²) in [4.78, 5) is 27.3. The topological polar surface area (TPSA) is 161 Å². The number of benzene rings is 8. The molecule has 0 fully saturated rings. The van der Waals surface area contributed by atoms with Crippen molar-refractivity contribution in [3.8, 4) is 67.3 Å². The van der Waals surface area contributed by atoms with Crippen LogP contribution < -0.4 is 19.6 Å². The zero-order chi connectivity index (χ0) is 84.6. The van der Waals surface area contributed by atoms with Crippen LogP contribution in [0.25, 0.3) is 67.3 Å². The molecule has 0 aliphatic rings. The van der Waals surface area contributed by atoms with Crippen LogP contribution in [0.2, 0.25) is 0 Å². The number of aryl methyl sites for hydroxylation is 12. The normalized spacial score (nSPS) is 11.1. The molecule has 0 saturated carbocycles. The molecule has 0 radical (unpaired) electrons. The molecule has 8 heterocycles. The van der Waals surface area contributed by atoms with Crippen LogP contribution in [-0.4, -0.2) is 98.5 Å². The number of hydrogen-bond donors (Lipinski definition) is 1. The van der Waals surface area contributed by atoms with E-state index in [1.165, 1.54) is 106 Å². The predicted molar refractivity (Wildman–Crippen MR) is 506 cm³/mol. The average Bonchev–Trinajstić information content (AvgIpc) is 1.52. The molecule has 0 atom stereocenters. The third kappa shape index (κ3) is 18.4. The fourth-order valence-corrected chi connectivity index (χ4v) is 18.8. The molecule has 0 spiro atoms. The van der Waals surface area contributed by atoms with Crippen molar-refractivity contribution in [1.29, 1.82) is 0 Å². The van der Waals surface area contributed by atoms with Crippen LogP contribution in [0.4, 0.5) is 45.5 Å². The standard InChI is InChI=1S/C25H28BrN5.C24H26BrN5.C23H24BrN5.C23H23BrN4S/c1-6-30(21-10-11-23(22(26)15-21)29-13-12-27-16-29)24-14-20(9-8-17(24)3)25-18(4)28-31(7-2)19(25)5;1-6-30(20-9-10-22(21(25)14-20)29-12-11-26-15-29)23-13-19(8-7-16(23)2)24-17(3)27-28(5)18(24)4;1-5-29(19-8-9-21(20(24)13-19)28-11-10-25-14-28)22-12-18(7-6-15(22)2)23-16(3)26-27-17(23)4;1-5-28(19-8-9-21(20(24)13-19)27-11-10-25-14-27)22-12-18(7-6-15(22)2)23-16(3)26-29-17(23)4/h8-16H,6-7H2,1-5H3;7-15H,6H2,1-5H3;6-14H,5H2,1-4H3,(H,26,27);6-14H,5H2,1-4H3. The molecule has 0 saturated heterocycles. The largest absolute Gasteiger partial charge is 0.342 e. The molecular weight excluding hydrogens is 1760 g/mol. The number of anilines is 8. The highest BCUT2D eigenvalue weighted by Gasteiger charge is 2.23. The first-order valence-electron chi connectivity index (χ1n) is 40.0. The van der Waals surface area contributed by atoms with Gasteiger partial charge in [0, 0.05) is 197 Å². The second kappa shape index (κ2) is 37.9. The lowest BCUT2D eigenvalue weighted by atomic mass is 10.00. The van der Waals surface area contributed by atoms with Gasteiger partial charge in [-0.2, -0.15) is 19.7 Å². The van der Waals surface area contributed by atoms with Gasteiger partial charge in [0.05, 0.1) is 70.8 Å². The van der Waals surface area contributed by atoms with Gasteiger partial charge in [0.15, 0.2) is 0 Å². The number of rotatable bonds is 21. The minimum atomic E-state index is 0.866. The Labute approximate surface area is 736 Å². The van der Waals surface area contributed by atoms with E-state index in [0.29, 0.717) is 0 Å². The predicted octanol–water partition coefficient (Wildman–Crippen LogP) is 25.7. The van der Waals surface area contributed by atoms with Crippen molar-refractivity contribution in [2.45, 2.75) is 124 Å². The number of H-pyrrole nitrogens is 1. The maximum absolute atomic E-state index is 4.72. The maximum Gasteiger partial charge on any atom is 0.0992 e. The summed E-state index contributed by atoms with van der Waals surface area (Å²) in [7, 11) is 2.00. The van der Waals surface area contributed by atoms with Crippen molar-refractivity contribution in [1.82, 2.24) is 72.3 Å². The summed E-state index contributed by atoms with van der Waals surface area (Å²) in [6, 6.07) is 52.6. The van der Waals surface area contributed by atoms with Crippen LogP contribution >= 0.6 is 75.3 Å². The molecule has 8 aromatic heterocycles. The molecule has 19 nitrogen and oxygen atoms in total. The van der Waals surface area contributed by atoms with Crippen molar-refractivity contribution in [3.05, 3.63) is 305 Å². The maximum atomic E-state index is 4.72. The molecule has 0 aliphatic heterocycles.